The maximum absolute atomic E-state index is 14.2. The first-order chi connectivity index (χ1) is 12.2. The van der Waals surface area contributed by atoms with Gasteiger partial charge in [0, 0.05) is 16.3 Å². The van der Waals surface area contributed by atoms with Gasteiger partial charge >= 0.3 is 0 Å². The summed E-state index contributed by atoms with van der Waals surface area (Å²) in [7, 11) is 0. The summed E-state index contributed by atoms with van der Waals surface area (Å²) in [5, 5.41) is 2.59. The molecule has 0 amide bonds. The highest BCUT2D eigenvalue weighted by atomic mass is 35.5. The monoisotopic (exact) mass is 352 g/mol. The van der Waals surface area contributed by atoms with E-state index in [1.165, 1.54) is 29.5 Å². The van der Waals surface area contributed by atoms with Gasteiger partial charge in [0.1, 0.15) is 5.82 Å². The van der Waals surface area contributed by atoms with E-state index in [0.29, 0.717) is 11.8 Å². The molecule has 0 spiro atoms. The van der Waals surface area contributed by atoms with Crippen molar-refractivity contribution in [3.05, 3.63) is 82.1 Å². The number of aryl methyl sites for hydroxylation is 1. The summed E-state index contributed by atoms with van der Waals surface area (Å²) in [4.78, 5) is 0. The van der Waals surface area contributed by atoms with Crippen LogP contribution in [0.1, 0.15) is 48.8 Å². The molecule has 1 aliphatic rings. The molecule has 0 saturated heterocycles. The van der Waals surface area contributed by atoms with Gasteiger partial charge in [-0.3, -0.25) is 0 Å². The van der Waals surface area contributed by atoms with Gasteiger partial charge in [0.25, 0.3) is 0 Å². The molecule has 1 aliphatic carbocycles. The fourth-order valence-electron chi connectivity index (χ4n) is 4.52. The van der Waals surface area contributed by atoms with E-state index >= 15 is 0 Å². The summed E-state index contributed by atoms with van der Waals surface area (Å²) in [6, 6.07) is 17.8. The number of hydrogen-bond donors (Lipinski definition) is 0. The second-order valence-corrected chi connectivity index (χ2v) is 7.52. The predicted molar refractivity (Wildman–Crippen MR) is 104 cm³/mol. The van der Waals surface area contributed by atoms with Crippen molar-refractivity contribution in [3.63, 3.8) is 0 Å². The molecule has 0 bridgehead atoms. The van der Waals surface area contributed by atoms with Crippen LogP contribution in [0.5, 0.6) is 0 Å². The molecular formula is C23H22ClF. The van der Waals surface area contributed by atoms with Crippen molar-refractivity contribution in [2.75, 3.05) is 0 Å². The van der Waals surface area contributed by atoms with E-state index in [9.17, 15) is 4.39 Å². The van der Waals surface area contributed by atoms with E-state index in [-0.39, 0.29) is 5.82 Å². The molecule has 3 aromatic rings. The van der Waals surface area contributed by atoms with Gasteiger partial charge in [0.15, 0.2) is 0 Å². The van der Waals surface area contributed by atoms with E-state index in [2.05, 4.69) is 31.2 Å². The van der Waals surface area contributed by atoms with E-state index in [1.54, 1.807) is 6.07 Å². The van der Waals surface area contributed by atoms with Crippen molar-refractivity contribution in [1.29, 1.82) is 0 Å². The number of rotatable bonds is 3. The first kappa shape index (κ1) is 16.6. The Balaban J connectivity index is 1.90. The van der Waals surface area contributed by atoms with Crippen LogP contribution in [0, 0.1) is 11.7 Å². The molecule has 0 aliphatic heterocycles. The average molecular weight is 353 g/mol. The van der Waals surface area contributed by atoms with E-state index in [1.807, 2.05) is 24.3 Å². The quantitative estimate of drug-likeness (QED) is 0.470. The fourth-order valence-corrected chi connectivity index (χ4v) is 4.65. The molecule has 0 N–H and O–H groups in total. The van der Waals surface area contributed by atoms with Gasteiger partial charge in [-0.1, -0.05) is 61.3 Å². The highest BCUT2D eigenvalue weighted by Gasteiger charge is 2.31. The lowest BCUT2D eigenvalue weighted by atomic mass is 9.69. The zero-order valence-electron chi connectivity index (χ0n) is 14.4. The first-order valence-corrected chi connectivity index (χ1v) is 9.52. The molecule has 2 atom stereocenters. The van der Waals surface area contributed by atoms with Gasteiger partial charge in [0.05, 0.1) is 0 Å². The maximum Gasteiger partial charge on any atom is 0.131 e. The summed E-state index contributed by atoms with van der Waals surface area (Å²) < 4.78 is 14.2. The minimum Gasteiger partial charge on any atom is -0.206 e. The van der Waals surface area contributed by atoms with Gasteiger partial charge < -0.3 is 0 Å². The van der Waals surface area contributed by atoms with Gasteiger partial charge in [-0.05, 0) is 65.5 Å². The molecule has 0 aromatic heterocycles. The first-order valence-electron chi connectivity index (χ1n) is 9.14. The molecule has 0 heterocycles. The minimum atomic E-state index is -0.126. The zero-order valence-corrected chi connectivity index (χ0v) is 15.2. The Labute approximate surface area is 153 Å². The Morgan fingerprint density at radius 3 is 2.56 bits per heavy atom. The average Bonchev–Trinajstić information content (AvgIpc) is 2.63. The molecule has 4 rings (SSSR count). The standard InChI is InChI=1S/C23H22ClF/c1-2-4-15-9-12-19-18-5-3-6-22(25)20(18)13-14-21(19)23(15)16-7-10-17(24)11-8-16/h3,5-8,10-11,13-15,23H,2,4,9,12H2,1H3. The molecule has 0 radical (unpaired) electrons. The van der Waals surface area contributed by atoms with Crippen molar-refractivity contribution >= 4 is 22.4 Å². The molecule has 0 saturated carbocycles. The Hall–Kier alpha value is -1.86. The lowest BCUT2D eigenvalue weighted by molar-refractivity contribution is 0.380. The smallest absolute Gasteiger partial charge is 0.131 e. The fraction of sp³-hybridized carbons (Fsp3) is 0.304. The highest BCUT2D eigenvalue weighted by molar-refractivity contribution is 6.30. The Morgan fingerprint density at radius 1 is 1.00 bits per heavy atom. The minimum absolute atomic E-state index is 0.126. The second-order valence-electron chi connectivity index (χ2n) is 7.08. The number of hydrogen-bond acceptors (Lipinski definition) is 0. The number of fused-ring (bicyclic) bond motifs is 3. The largest absolute Gasteiger partial charge is 0.206 e. The van der Waals surface area contributed by atoms with Crippen molar-refractivity contribution in [1.82, 2.24) is 0 Å². The zero-order chi connectivity index (χ0) is 17.4. The summed E-state index contributed by atoms with van der Waals surface area (Å²) >= 11 is 6.10. The molecule has 0 fully saturated rings. The normalized spacial score (nSPS) is 19.8. The Bertz CT molecular complexity index is 898. The third-order valence-corrected chi connectivity index (χ3v) is 5.87. The van der Waals surface area contributed by atoms with Crippen LogP contribution in [0.2, 0.25) is 5.02 Å². The number of benzene rings is 3. The summed E-state index contributed by atoms with van der Waals surface area (Å²) in [5.41, 5.74) is 4.01. The molecule has 2 unspecified atom stereocenters. The van der Waals surface area contributed by atoms with E-state index < -0.39 is 0 Å². The highest BCUT2D eigenvalue weighted by Crippen LogP contribution is 2.45. The van der Waals surface area contributed by atoms with Gasteiger partial charge in [-0.15, -0.1) is 0 Å². The lowest BCUT2D eigenvalue weighted by Gasteiger charge is -2.35. The van der Waals surface area contributed by atoms with Crippen LogP contribution < -0.4 is 0 Å². The molecule has 0 nitrogen and oxygen atoms in total. The summed E-state index contributed by atoms with van der Waals surface area (Å²) in [6.07, 6.45) is 4.59. The third-order valence-electron chi connectivity index (χ3n) is 5.62. The SMILES string of the molecule is CCCC1CCc2c(ccc3c(F)cccc23)C1c1ccc(Cl)cc1. The van der Waals surface area contributed by atoms with Crippen molar-refractivity contribution in [2.45, 2.75) is 38.5 Å². The van der Waals surface area contributed by atoms with Crippen LogP contribution >= 0.6 is 11.6 Å². The van der Waals surface area contributed by atoms with Crippen LogP contribution in [-0.2, 0) is 6.42 Å². The maximum atomic E-state index is 14.2. The van der Waals surface area contributed by atoms with Crippen LogP contribution in [0.25, 0.3) is 10.8 Å². The molecule has 128 valence electrons. The molecule has 25 heavy (non-hydrogen) atoms. The third kappa shape index (κ3) is 2.95. The van der Waals surface area contributed by atoms with E-state index in [4.69, 9.17) is 11.6 Å². The predicted octanol–water partition coefficient (Wildman–Crippen LogP) is 7.13. The van der Waals surface area contributed by atoms with Crippen LogP contribution in [-0.4, -0.2) is 0 Å². The van der Waals surface area contributed by atoms with Crippen LogP contribution in [0.15, 0.2) is 54.6 Å². The lowest BCUT2D eigenvalue weighted by Crippen LogP contribution is -2.22. The number of halogens is 2. The van der Waals surface area contributed by atoms with Gasteiger partial charge in [-0.2, -0.15) is 0 Å². The van der Waals surface area contributed by atoms with Crippen LogP contribution in [0.4, 0.5) is 4.39 Å². The van der Waals surface area contributed by atoms with Gasteiger partial charge in [0.2, 0.25) is 0 Å². The van der Waals surface area contributed by atoms with Crippen LogP contribution in [0.3, 0.4) is 0 Å². The van der Waals surface area contributed by atoms with Gasteiger partial charge in [-0.25, -0.2) is 4.39 Å². The second kappa shape index (κ2) is 6.80. The Kier molecular flexibility index (Phi) is 4.52. The van der Waals surface area contributed by atoms with E-state index in [0.717, 1.165) is 28.6 Å². The molecule has 2 heteroatoms. The summed E-state index contributed by atoms with van der Waals surface area (Å²) in [6.45, 7) is 2.25. The Morgan fingerprint density at radius 2 is 1.80 bits per heavy atom. The molecule has 3 aromatic carbocycles. The topological polar surface area (TPSA) is 0 Å². The van der Waals surface area contributed by atoms with Crippen molar-refractivity contribution in [3.8, 4) is 0 Å². The molecular weight excluding hydrogens is 331 g/mol. The summed E-state index contributed by atoms with van der Waals surface area (Å²) in [5.74, 6) is 0.873. The van der Waals surface area contributed by atoms with Crippen molar-refractivity contribution in [2.24, 2.45) is 5.92 Å². The van der Waals surface area contributed by atoms with Crippen molar-refractivity contribution < 1.29 is 4.39 Å².